The highest BCUT2D eigenvalue weighted by atomic mass is 32.2. The zero-order valence-electron chi connectivity index (χ0n) is 16.1. The number of rotatable bonds is 3. The quantitative estimate of drug-likeness (QED) is 0.724. The minimum Gasteiger partial charge on any atom is -0.343 e. The summed E-state index contributed by atoms with van der Waals surface area (Å²) in [5.41, 5.74) is 5.16. The number of hydrogen-bond donors (Lipinski definition) is 1. The van der Waals surface area contributed by atoms with Crippen LogP contribution in [-0.4, -0.2) is 29.9 Å². The van der Waals surface area contributed by atoms with Gasteiger partial charge in [0.05, 0.1) is 22.4 Å². The molecule has 29 heavy (non-hydrogen) atoms. The lowest BCUT2D eigenvalue weighted by Crippen LogP contribution is -2.30. The summed E-state index contributed by atoms with van der Waals surface area (Å²) in [6, 6.07) is 14.3. The van der Waals surface area contributed by atoms with Gasteiger partial charge in [-0.15, -0.1) is 0 Å². The molecule has 1 unspecified atom stereocenters. The lowest BCUT2D eigenvalue weighted by Gasteiger charge is -2.12. The van der Waals surface area contributed by atoms with Crippen LogP contribution in [0.25, 0.3) is 5.69 Å². The van der Waals surface area contributed by atoms with Crippen molar-refractivity contribution in [3.63, 3.8) is 0 Å². The van der Waals surface area contributed by atoms with E-state index >= 15 is 0 Å². The fraction of sp³-hybridized carbons (Fsp3) is 0.273. The number of hydrogen-bond acceptors (Lipinski definition) is 4. The van der Waals surface area contributed by atoms with E-state index in [4.69, 9.17) is 0 Å². The third-order valence-corrected chi connectivity index (χ3v) is 7.62. The molecular formula is C22H21N3O3S. The molecule has 1 aromatic heterocycles. The Morgan fingerprint density at radius 1 is 1.10 bits per heavy atom. The number of sulfone groups is 1. The highest BCUT2D eigenvalue weighted by molar-refractivity contribution is 7.91. The molecule has 0 spiro atoms. The van der Waals surface area contributed by atoms with E-state index in [1.54, 1.807) is 24.3 Å². The van der Waals surface area contributed by atoms with E-state index in [-0.39, 0.29) is 11.7 Å². The predicted octanol–water partition coefficient (Wildman–Crippen LogP) is 2.93. The molecular weight excluding hydrogens is 386 g/mol. The van der Waals surface area contributed by atoms with Crippen molar-refractivity contribution in [1.29, 1.82) is 0 Å². The van der Waals surface area contributed by atoms with Gasteiger partial charge in [-0.3, -0.25) is 4.79 Å². The van der Waals surface area contributed by atoms with E-state index < -0.39 is 15.9 Å². The van der Waals surface area contributed by atoms with E-state index in [1.807, 2.05) is 35.9 Å². The molecule has 3 aromatic rings. The second kappa shape index (κ2) is 6.56. The molecule has 1 N–H and O–H groups in total. The average molecular weight is 407 g/mol. The van der Waals surface area contributed by atoms with Crippen LogP contribution < -0.4 is 5.32 Å². The van der Waals surface area contributed by atoms with Crippen LogP contribution in [0.15, 0.2) is 53.4 Å². The van der Waals surface area contributed by atoms with Crippen molar-refractivity contribution < 1.29 is 13.2 Å². The van der Waals surface area contributed by atoms with Crippen LogP contribution >= 0.6 is 0 Å². The van der Waals surface area contributed by atoms with Gasteiger partial charge in [0.1, 0.15) is 0 Å². The summed E-state index contributed by atoms with van der Waals surface area (Å²) in [5, 5.41) is 7.57. The molecule has 0 radical (unpaired) electrons. The number of para-hydroxylation sites is 1. The van der Waals surface area contributed by atoms with Gasteiger partial charge in [-0.05, 0) is 49.4 Å². The van der Waals surface area contributed by atoms with Gasteiger partial charge < -0.3 is 5.32 Å². The van der Waals surface area contributed by atoms with Gasteiger partial charge in [-0.1, -0.05) is 36.4 Å². The van der Waals surface area contributed by atoms with Crippen molar-refractivity contribution in [3.8, 4) is 5.69 Å². The second-order valence-corrected chi connectivity index (χ2v) is 9.67. The van der Waals surface area contributed by atoms with Crippen LogP contribution in [0.5, 0.6) is 0 Å². The minimum absolute atomic E-state index is 0.112. The van der Waals surface area contributed by atoms with Crippen LogP contribution in [0.2, 0.25) is 0 Å². The summed E-state index contributed by atoms with van der Waals surface area (Å²) in [6.07, 6.45) is 2.67. The molecule has 6 nitrogen and oxygen atoms in total. The van der Waals surface area contributed by atoms with Gasteiger partial charge in [0.15, 0.2) is 15.5 Å². The average Bonchev–Trinajstić information content (AvgIpc) is 3.36. The number of benzene rings is 2. The molecule has 1 aliphatic heterocycles. The number of carbonyl (C=O) groups excluding carboxylic acids is 1. The summed E-state index contributed by atoms with van der Waals surface area (Å²) in [4.78, 5) is 13.4. The van der Waals surface area contributed by atoms with Crippen molar-refractivity contribution in [2.75, 3.05) is 5.75 Å². The monoisotopic (exact) mass is 407 g/mol. The minimum atomic E-state index is -3.38. The zero-order chi connectivity index (χ0) is 20.2. The molecule has 2 heterocycles. The SMILES string of the molecule is Cc1ccccc1-n1nc(C(=O)NC2CS(=O)(=O)c3ccccc32)c2c1CCC2. The maximum absolute atomic E-state index is 13.1. The fourth-order valence-corrected chi connectivity index (χ4v) is 6.15. The first kappa shape index (κ1) is 18.1. The zero-order valence-corrected chi connectivity index (χ0v) is 16.9. The Hall–Kier alpha value is -2.93. The maximum atomic E-state index is 13.1. The molecule has 2 aromatic carbocycles. The van der Waals surface area contributed by atoms with Crippen molar-refractivity contribution in [2.24, 2.45) is 0 Å². The second-order valence-electron chi connectivity index (χ2n) is 7.67. The van der Waals surface area contributed by atoms with Crippen LogP contribution in [0.4, 0.5) is 0 Å². The number of aromatic nitrogens is 2. The van der Waals surface area contributed by atoms with Gasteiger partial charge >= 0.3 is 0 Å². The molecule has 1 atom stereocenters. The lowest BCUT2D eigenvalue weighted by molar-refractivity contribution is 0.0934. The number of fused-ring (bicyclic) bond motifs is 2. The van der Waals surface area contributed by atoms with Crippen molar-refractivity contribution in [2.45, 2.75) is 37.1 Å². The Morgan fingerprint density at radius 3 is 2.69 bits per heavy atom. The number of nitrogens with one attached hydrogen (secondary N) is 1. The molecule has 5 rings (SSSR count). The molecule has 1 aliphatic carbocycles. The molecule has 1 amide bonds. The number of amides is 1. The smallest absolute Gasteiger partial charge is 0.272 e. The van der Waals surface area contributed by atoms with Gasteiger partial charge in [-0.25, -0.2) is 13.1 Å². The van der Waals surface area contributed by atoms with E-state index in [2.05, 4.69) is 10.4 Å². The molecule has 0 bridgehead atoms. The Balaban J connectivity index is 1.51. The van der Waals surface area contributed by atoms with Gasteiger partial charge in [0, 0.05) is 11.3 Å². The Morgan fingerprint density at radius 2 is 1.86 bits per heavy atom. The third kappa shape index (κ3) is 2.88. The van der Waals surface area contributed by atoms with Crippen molar-refractivity contribution in [3.05, 3.63) is 76.6 Å². The van der Waals surface area contributed by atoms with Crippen LogP contribution in [0.3, 0.4) is 0 Å². The molecule has 7 heteroatoms. The summed E-state index contributed by atoms with van der Waals surface area (Å²) in [6.45, 7) is 2.03. The highest BCUT2D eigenvalue weighted by Crippen LogP contribution is 2.34. The maximum Gasteiger partial charge on any atom is 0.272 e. The van der Waals surface area contributed by atoms with E-state index in [1.165, 1.54) is 0 Å². The largest absolute Gasteiger partial charge is 0.343 e. The molecule has 2 aliphatic rings. The molecule has 0 fully saturated rings. The first-order valence-corrected chi connectivity index (χ1v) is 11.4. The van der Waals surface area contributed by atoms with Crippen LogP contribution in [-0.2, 0) is 22.7 Å². The topological polar surface area (TPSA) is 81.1 Å². The fourth-order valence-electron chi connectivity index (χ4n) is 4.42. The van der Waals surface area contributed by atoms with Crippen LogP contribution in [0.1, 0.15) is 45.3 Å². The standard InChI is InChI=1S/C22H21N3O3S/c1-14-7-2-4-10-18(14)25-19-11-6-9-16(19)21(24-25)22(26)23-17-13-29(27,28)20-12-5-3-8-15(17)20/h2-5,7-8,10,12,17H,6,9,11,13H2,1H3,(H,23,26). The van der Waals surface area contributed by atoms with Gasteiger partial charge in [0.2, 0.25) is 0 Å². The Kier molecular flexibility index (Phi) is 4.10. The normalized spacial score (nSPS) is 19.0. The predicted molar refractivity (Wildman–Crippen MR) is 109 cm³/mol. The number of carbonyl (C=O) groups is 1. The van der Waals surface area contributed by atoms with Crippen molar-refractivity contribution >= 4 is 15.7 Å². The highest BCUT2D eigenvalue weighted by Gasteiger charge is 2.36. The first-order valence-electron chi connectivity index (χ1n) is 9.75. The third-order valence-electron chi connectivity index (χ3n) is 5.81. The summed E-state index contributed by atoms with van der Waals surface area (Å²) < 4.78 is 26.7. The van der Waals surface area contributed by atoms with Crippen molar-refractivity contribution in [1.82, 2.24) is 15.1 Å². The van der Waals surface area contributed by atoms with E-state index in [0.29, 0.717) is 16.2 Å². The molecule has 0 saturated carbocycles. The van der Waals surface area contributed by atoms with E-state index in [0.717, 1.165) is 41.8 Å². The van der Waals surface area contributed by atoms with E-state index in [9.17, 15) is 13.2 Å². The number of aryl methyl sites for hydroxylation is 1. The lowest BCUT2D eigenvalue weighted by atomic mass is 10.1. The van der Waals surface area contributed by atoms with Crippen LogP contribution in [0, 0.1) is 6.92 Å². The Labute approximate surface area is 169 Å². The number of nitrogens with zero attached hydrogens (tertiary/aromatic N) is 2. The molecule has 148 valence electrons. The summed E-state index contributed by atoms with van der Waals surface area (Å²) in [5.74, 6) is -0.425. The summed E-state index contributed by atoms with van der Waals surface area (Å²) in [7, 11) is -3.38. The summed E-state index contributed by atoms with van der Waals surface area (Å²) >= 11 is 0. The first-order chi connectivity index (χ1) is 14.0. The Bertz CT molecular complexity index is 1240. The van der Waals surface area contributed by atoms with Gasteiger partial charge in [0.25, 0.3) is 5.91 Å². The van der Waals surface area contributed by atoms with Gasteiger partial charge in [-0.2, -0.15) is 5.10 Å². The molecule has 0 saturated heterocycles.